The van der Waals surface area contributed by atoms with Gasteiger partial charge in [-0.1, -0.05) is 24.3 Å². The second-order valence-corrected chi connectivity index (χ2v) is 6.32. The minimum Gasteiger partial charge on any atom is -0.362 e. The van der Waals surface area contributed by atoms with E-state index in [0.29, 0.717) is 11.0 Å². The Morgan fingerprint density at radius 3 is 2.25 bits per heavy atom. The summed E-state index contributed by atoms with van der Waals surface area (Å²) in [5, 5.41) is 0.507. The topological polar surface area (TPSA) is 60.1 Å². The van der Waals surface area contributed by atoms with E-state index >= 15 is 0 Å². The molecule has 0 radical (unpaired) electrons. The first kappa shape index (κ1) is 14.7. The van der Waals surface area contributed by atoms with Gasteiger partial charge >= 0.3 is 5.69 Å². The number of nitrogens with zero attached hydrogens (tertiary/aromatic N) is 4. The van der Waals surface area contributed by atoms with Gasteiger partial charge in [-0.15, -0.1) is 0 Å². The smallest absolute Gasteiger partial charge is 0.332 e. The highest BCUT2D eigenvalue weighted by atomic mass is 16.2. The van der Waals surface area contributed by atoms with Gasteiger partial charge in [-0.3, -0.25) is 13.9 Å². The monoisotopic (exact) mass is 322 g/mol. The summed E-state index contributed by atoms with van der Waals surface area (Å²) in [6.45, 7) is 3.46. The fraction of sp³-hybridized carbons (Fsp3) is 0.278. The molecular formula is C18H18N4O2. The highest BCUT2D eigenvalue weighted by molar-refractivity contribution is 5.91. The lowest BCUT2D eigenvalue weighted by Gasteiger charge is -2.22. The molecule has 0 amide bonds. The van der Waals surface area contributed by atoms with Gasteiger partial charge in [-0.2, -0.15) is 0 Å². The van der Waals surface area contributed by atoms with Gasteiger partial charge in [0.1, 0.15) is 5.39 Å². The zero-order valence-corrected chi connectivity index (χ0v) is 13.9. The Morgan fingerprint density at radius 2 is 1.62 bits per heavy atom. The molecule has 0 N–H and O–H groups in total. The predicted molar refractivity (Wildman–Crippen MR) is 93.3 cm³/mol. The standard InChI is InChI=1S/C18H18N4O2/c1-11-8-19-16-14(17(23)21(3)18(24)20(16)2)15(11)22-9-12-6-4-5-7-13(12)10-22/h4-8H,9-10H2,1-3H3. The van der Waals surface area contributed by atoms with E-state index in [-0.39, 0.29) is 11.2 Å². The first-order valence-electron chi connectivity index (χ1n) is 7.86. The van der Waals surface area contributed by atoms with Crippen molar-refractivity contribution in [1.82, 2.24) is 14.1 Å². The van der Waals surface area contributed by atoms with Crippen molar-refractivity contribution in [3.05, 3.63) is 68.0 Å². The normalized spacial score (nSPS) is 13.5. The molecule has 1 aliphatic rings. The summed E-state index contributed by atoms with van der Waals surface area (Å²) in [5.41, 5.74) is 4.11. The summed E-state index contributed by atoms with van der Waals surface area (Å²) < 4.78 is 2.58. The number of pyridine rings is 1. The molecule has 122 valence electrons. The van der Waals surface area contributed by atoms with Gasteiger partial charge in [-0.25, -0.2) is 9.78 Å². The molecule has 1 aromatic carbocycles. The molecule has 0 aliphatic carbocycles. The number of hydrogen-bond donors (Lipinski definition) is 0. The van der Waals surface area contributed by atoms with Crippen LogP contribution in [-0.2, 0) is 27.2 Å². The summed E-state index contributed by atoms with van der Waals surface area (Å²) in [5.74, 6) is 0. The molecule has 1 aliphatic heterocycles. The zero-order chi connectivity index (χ0) is 17.0. The van der Waals surface area contributed by atoms with E-state index in [0.717, 1.165) is 28.9 Å². The molecule has 24 heavy (non-hydrogen) atoms. The predicted octanol–water partition coefficient (Wildman–Crippen LogP) is 1.46. The first-order valence-corrected chi connectivity index (χ1v) is 7.86. The largest absolute Gasteiger partial charge is 0.362 e. The van der Waals surface area contributed by atoms with Crippen LogP contribution in [0.1, 0.15) is 16.7 Å². The van der Waals surface area contributed by atoms with Crippen molar-refractivity contribution in [1.29, 1.82) is 0 Å². The van der Waals surface area contributed by atoms with E-state index < -0.39 is 0 Å². The van der Waals surface area contributed by atoms with E-state index in [9.17, 15) is 9.59 Å². The highest BCUT2D eigenvalue weighted by Crippen LogP contribution is 2.33. The van der Waals surface area contributed by atoms with Crippen LogP contribution >= 0.6 is 0 Å². The van der Waals surface area contributed by atoms with Crippen LogP contribution in [0.2, 0.25) is 0 Å². The molecule has 0 atom stereocenters. The van der Waals surface area contributed by atoms with Crippen LogP contribution in [0, 0.1) is 6.92 Å². The Labute approximate surface area is 138 Å². The molecule has 2 aromatic heterocycles. The quantitative estimate of drug-likeness (QED) is 0.680. The van der Waals surface area contributed by atoms with Crippen LogP contribution in [0.5, 0.6) is 0 Å². The molecule has 0 spiro atoms. The molecule has 0 unspecified atom stereocenters. The Kier molecular flexibility index (Phi) is 3.09. The van der Waals surface area contributed by atoms with E-state index in [1.54, 1.807) is 13.2 Å². The van der Waals surface area contributed by atoms with Crippen molar-refractivity contribution in [2.24, 2.45) is 14.1 Å². The number of benzene rings is 1. The summed E-state index contributed by atoms with van der Waals surface area (Å²) in [6, 6.07) is 8.29. The molecule has 0 fully saturated rings. The van der Waals surface area contributed by atoms with Crippen LogP contribution < -0.4 is 16.1 Å². The van der Waals surface area contributed by atoms with Crippen molar-refractivity contribution >= 4 is 16.7 Å². The van der Waals surface area contributed by atoms with Crippen LogP contribution in [0.25, 0.3) is 11.0 Å². The number of fused-ring (bicyclic) bond motifs is 2. The SMILES string of the molecule is Cc1cnc2c(c1N1Cc3ccccc3C1)c(=O)n(C)c(=O)n2C. The maximum absolute atomic E-state index is 12.8. The van der Waals surface area contributed by atoms with E-state index in [1.807, 2.05) is 19.1 Å². The molecule has 0 bridgehead atoms. The van der Waals surface area contributed by atoms with Crippen LogP contribution in [0.3, 0.4) is 0 Å². The molecule has 6 nitrogen and oxygen atoms in total. The van der Waals surface area contributed by atoms with Gasteiger partial charge in [0.2, 0.25) is 0 Å². The lowest BCUT2D eigenvalue weighted by Crippen LogP contribution is -2.38. The number of rotatable bonds is 1. The van der Waals surface area contributed by atoms with Crippen molar-refractivity contribution < 1.29 is 0 Å². The zero-order valence-electron chi connectivity index (χ0n) is 13.9. The second kappa shape index (κ2) is 5.06. The molecule has 4 rings (SSSR count). The number of anilines is 1. The van der Waals surface area contributed by atoms with Crippen LogP contribution in [0.4, 0.5) is 5.69 Å². The van der Waals surface area contributed by atoms with Gasteiger partial charge in [0, 0.05) is 33.4 Å². The lowest BCUT2D eigenvalue weighted by molar-refractivity contribution is 0.706. The van der Waals surface area contributed by atoms with Gasteiger partial charge in [0.05, 0.1) is 5.69 Å². The third kappa shape index (κ3) is 1.92. The molecule has 6 heteroatoms. The number of hydrogen-bond acceptors (Lipinski definition) is 4. The average Bonchev–Trinajstić information content (AvgIpc) is 3.01. The summed E-state index contributed by atoms with van der Waals surface area (Å²) in [4.78, 5) is 31.5. The third-order valence-corrected chi connectivity index (χ3v) is 4.78. The van der Waals surface area contributed by atoms with Gasteiger partial charge < -0.3 is 4.90 Å². The third-order valence-electron chi connectivity index (χ3n) is 4.78. The van der Waals surface area contributed by atoms with Gasteiger partial charge in [-0.05, 0) is 23.6 Å². The van der Waals surface area contributed by atoms with Crippen molar-refractivity contribution in [2.45, 2.75) is 20.0 Å². The Balaban J connectivity index is 2.02. The second-order valence-electron chi connectivity index (χ2n) is 6.32. The van der Waals surface area contributed by atoms with Crippen molar-refractivity contribution in [3.8, 4) is 0 Å². The van der Waals surface area contributed by atoms with Crippen LogP contribution in [-0.4, -0.2) is 14.1 Å². The lowest BCUT2D eigenvalue weighted by atomic mass is 10.1. The molecule has 0 saturated heterocycles. The van der Waals surface area contributed by atoms with E-state index in [4.69, 9.17) is 0 Å². The minimum atomic E-state index is -0.362. The Bertz CT molecular complexity index is 1070. The molecular weight excluding hydrogens is 304 g/mol. The minimum absolute atomic E-state index is 0.296. The van der Waals surface area contributed by atoms with E-state index in [1.165, 1.54) is 22.7 Å². The van der Waals surface area contributed by atoms with Crippen molar-refractivity contribution in [3.63, 3.8) is 0 Å². The summed E-state index contributed by atoms with van der Waals surface area (Å²) in [7, 11) is 3.16. The fourth-order valence-corrected chi connectivity index (χ4v) is 3.51. The Morgan fingerprint density at radius 1 is 1.00 bits per heavy atom. The summed E-state index contributed by atoms with van der Waals surface area (Å²) >= 11 is 0. The fourth-order valence-electron chi connectivity index (χ4n) is 3.51. The van der Waals surface area contributed by atoms with Crippen molar-refractivity contribution in [2.75, 3.05) is 4.90 Å². The average molecular weight is 322 g/mol. The number of aryl methyl sites for hydroxylation is 2. The number of aromatic nitrogens is 3. The maximum Gasteiger partial charge on any atom is 0.332 e. The Hall–Kier alpha value is -2.89. The molecule has 3 aromatic rings. The summed E-state index contributed by atoms with van der Waals surface area (Å²) in [6.07, 6.45) is 1.74. The first-order chi connectivity index (χ1) is 11.5. The maximum atomic E-state index is 12.8. The highest BCUT2D eigenvalue weighted by Gasteiger charge is 2.24. The van der Waals surface area contributed by atoms with Gasteiger partial charge in [0.25, 0.3) is 5.56 Å². The molecule has 0 saturated carbocycles. The van der Waals surface area contributed by atoms with E-state index in [2.05, 4.69) is 22.0 Å². The van der Waals surface area contributed by atoms with Gasteiger partial charge in [0.15, 0.2) is 5.65 Å². The molecule has 3 heterocycles. The van der Waals surface area contributed by atoms with Crippen LogP contribution in [0.15, 0.2) is 40.1 Å².